The van der Waals surface area contributed by atoms with Crippen LogP contribution >= 0.6 is 11.6 Å². The number of anilines is 1. The average molecular weight is 402 g/mol. The second-order valence-electron chi connectivity index (χ2n) is 6.31. The van der Waals surface area contributed by atoms with E-state index in [9.17, 15) is 4.79 Å². The summed E-state index contributed by atoms with van der Waals surface area (Å²) in [6, 6.07) is 10.7. The summed E-state index contributed by atoms with van der Waals surface area (Å²) in [6.07, 6.45) is -0.764. The van der Waals surface area contributed by atoms with Crippen LogP contribution in [0.15, 0.2) is 41.0 Å². The second kappa shape index (κ2) is 8.31. The molecule has 0 saturated heterocycles. The van der Waals surface area contributed by atoms with Crippen molar-refractivity contribution in [2.75, 3.05) is 12.4 Å². The van der Waals surface area contributed by atoms with Gasteiger partial charge in [0.05, 0.1) is 7.11 Å². The number of amides is 1. The van der Waals surface area contributed by atoms with Gasteiger partial charge < -0.3 is 14.8 Å². The van der Waals surface area contributed by atoms with Gasteiger partial charge in [-0.15, -0.1) is 0 Å². The van der Waals surface area contributed by atoms with Crippen molar-refractivity contribution in [3.05, 3.63) is 52.5 Å². The first-order valence-corrected chi connectivity index (χ1v) is 8.98. The summed E-state index contributed by atoms with van der Waals surface area (Å²) in [5.74, 6) is 1.11. The Bertz CT molecular complexity index is 962. The van der Waals surface area contributed by atoms with Crippen molar-refractivity contribution in [2.45, 2.75) is 26.9 Å². The van der Waals surface area contributed by atoms with Crippen molar-refractivity contribution in [2.24, 2.45) is 0 Å². The summed E-state index contributed by atoms with van der Waals surface area (Å²) < 4.78 is 15.7. The molecule has 0 aliphatic rings. The molecule has 0 saturated carbocycles. The molecule has 0 radical (unpaired) electrons. The van der Waals surface area contributed by atoms with Gasteiger partial charge in [-0.05, 0) is 78.6 Å². The standard InChI is InChI=1S/C20H20ClN3O4/c1-11-9-16(10-12(2)17(11)21)27-13(3)20(25)22-19-18(23-28-24-19)14-5-7-15(26-4)8-6-14/h5-10,13H,1-4H3,(H,22,24,25)/t13-/m0/s1. The van der Waals surface area contributed by atoms with Gasteiger partial charge in [-0.1, -0.05) is 11.6 Å². The molecule has 3 aromatic rings. The van der Waals surface area contributed by atoms with E-state index < -0.39 is 6.10 Å². The van der Waals surface area contributed by atoms with E-state index in [0.717, 1.165) is 16.7 Å². The van der Waals surface area contributed by atoms with Crippen LogP contribution < -0.4 is 14.8 Å². The van der Waals surface area contributed by atoms with Crippen LogP contribution in [0.1, 0.15) is 18.1 Å². The van der Waals surface area contributed by atoms with Crippen LogP contribution in [-0.4, -0.2) is 29.4 Å². The molecular formula is C20H20ClN3O4. The highest BCUT2D eigenvalue weighted by Gasteiger charge is 2.21. The summed E-state index contributed by atoms with van der Waals surface area (Å²) in [5, 5.41) is 11.0. The Morgan fingerprint density at radius 1 is 1.11 bits per heavy atom. The normalized spacial score (nSPS) is 11.8. The number of ether oxygens (including phenoxy) is 2. The topological polar surface area (TPSA) is 86.5 Å². The average Bonchev–Trinajstić information content (AvgIpc) is 3.14. The highest BCUT2D eigenvalue weighted by molar-refractivity contribution is 6.32. The number of hydrogen-bond acceptors (Lipinski definition) is 6. The number of methoxy groups -OCH3 is 1. The van der Waals surface area contributed by atoms with Crippen molar-refractivity contribution in [3.63, 3.8) is 0 Å². The van der Waals surface area contributed by atoms with E-state index >= 15 is 0 Å². The molecule has 0 aliphatic heterocycles. The minimum absolute atomic E-state index is 0.217. The maximum absolute atomic E-state index is 12.5. The number of halogens is 1. The Morgan fingerprint density at radius 2 is 1.75 bits per heavy atom. The number of nitrogens with zero attached hydrogens (tertiary/aromatic N) is 2. The lowest BCUT2D eigenvalue weighted by Gasteiger charge is -2.15. The molecule has 0 aliphatic carbocycles. The Balaban J connectivity index is 1.72. The molecule has 146 valence electrons. The lowest BCUT2D eigenvalue weighted by atomic mass is 10.1. The summed E-state index contributed by atoms with van der Waals surface area (Å²) in [4.78, 5) is 12.5. The molecule has 0 fully saturated rings. The fraction of sp³-hybridized carbons (Fsp3) is 0.250. The van der Waals surface area contributed by atoms with Crippen LogP contribution in [0.2, 0.25) is 5.02 Å². The number of carbonyl (C=O) groups is 1. The van der Waals surface area contributed by atoms with Crippen molar-refractivity contribution in [1.82, 2.24) is 10.3 Å². The third kappa shape index (κ3) is 4.26. The van der Waals surface area contributed by atoms with E-state index in [-0.39, 0.29) is 11.7 Å². The van der Waals surface area contributed by atoms with Gasteiger partial charge in [-0.25, -0.2) is 4.63 Å². The maximum Gasteiger partial charge on any atom is 0.266 e. The Morgan fingerprint density at radius 3 is 2.36 bits per heavy atom. The minimum Gasteiger partial charge on any atom is -0.497 e. The van der Waals surface area contributed by atoms with Gasteiger partial charge >= 0.3 is 0 Å². The van der Waals surface area contributed by atoms with Gasteiger partial charge in [-0.2, -0.15) is 0 Å². The molecule has 0 spiro atoms. The van der Waals surface area contributed by atoms with E-state index in [1.807, 2.05) is 13.8 Å². The SMILES string of the molecule is COc1ccc(-c2nonc2NC(=O)[C@H](C)Oc2cc(C)c(Cl)c(C)c2)cc1. The molecule has 28 heavy (non-hydrogen) atoms. The maximum atomic E-state index is 12.5. The van der Waals surface area contributed by atoms with Crippen LogP contribution in [0.5, 0.6) is 11.5 Å². The largest absolute Gasteiger partial charge is 0.497 e. The number of carbonyl (C=O) groups excluding carboxylic acids is 1. The zero-order chi connectivity index (χ0) is 20.3. The van der Waals surface area contributed by atoms with Crippen LogP contribution in [0, 0.1) is 13.8 Å². The van der Waals surface area contributed by atoms with Crippen molar-refractivity contribution in [3.8, 4) is 22.8 Å². The predicted octanol–water partition coefficient (Wildman–Crippen LogP) is 4.42. The molecule has 2 aromatic carbocycles. The third-order valence-electron chi connectivity index (χ3n) is 4.19. The number of benzene rings is 2. The number of rotatable bonds is 6. The minimum atomic E-state index is -0.764. The molecule has 0 unspecified atom stereocenters. The number of hydrogen-bond donors (Lipinski definition) is 1. The highest BCUT2D eigenvalue weighted by atomic mass is 35.5. The van der Waals surface area contributed by atoms with Crippen LogP contribution in [0.3, 0.4) is 0 Å². The lowest BCUT2D eigenvalue weighted by molar-refractivity contribution is -0.122. The second-order valence-corrected chi connectivity index (χ2v) is 6.69. The molecule has 1 N–H and O–H groups in total. The number of nitrogens with one attached hydrogen (secondary N) is 1. The van der Waals surface area contributed by atoms with E-state index in [0.29, 0.717) is 22.2 Å². The quantitative estimate of drug-likeness (QED) is 0.657. The number of aromatic nitrogens is 2. The summed E-state index contributed by atoms with van der Waals surface area (Å²) >= 11 is 6.17. The first-order chi connectivity index (χ1) is 13.4. The van der Waals surface area contributed by atoms with E-state index in [2.05, 4.69) is 15.6 Å². The van der Waals surface area contributed by atoms with Gasteiger partial charge in [0.15, 0.2) is 11.8 Å². The van der Waals surface area contributed by atoms with Gasteiger partial charge in [-0.3, -0.25) is 4.79 Å². The molecule has 1 amide bonds. The molecule has 8 heteroatoms. The summed E-state index contributed by atoms with van der Waals surface area (Å²) in [5.41, 5.74) is 2.91. The van der Waals surface area contributed by atoms with Gasteiger partial charge in [0.1, 0.15) is 11.5 Å². The van der Waals surface area contributed by atoms with E-state index in [1.54, 1.807) is 50.4 Å². The monoisotopic (exact) mass is 401 g/mol. The molecular weight excluding hydrogens is 382 g/mol. The fourth-order valence-corrected chi connectivity index (χ4v) is 2.77. The van der Waals surface area contributed by atoms with E-state index in [4.69, 9.17) is 25.7 Å². The third-order valence-corrected chi connectivity index (χ3v) is 4.78. The lowest BCUT2D eigenvalue weighted by Crippen LogP contribution is -2.30. The predicted molar refractivity (Wildman–Crippen MR) is 106 cm³/mol. The Kier molecular flexibility index (Phi) is 5.84. The van der Waals surface area contributed by atoms with Gasteiger partial charge in [0.2, 0.25) is 5.82 Å². The zero-order valence-corrected chi connectivity index (χ0v) is 16.7. The van der Waals surface area contributed by atoms with Crippen molar-refractivity contribution in [1.29, 1.82) is 0 Å². The van der Waals surface area contributed by atoms with Crippen LogP contribution in [0.4, 0.5) is 5.82 Å². The van der Waals surface area contributed by atoms with Crippen LogP contribution in [-0.2, 0) is 4.79 Å². The van der Waals surface area contributed by atoms with E-state index in [1.165, 1.54) is 0 Å². The van der Waals surface area contributed by atoms with Crippen molar-refractivity contribution < 1.29 is 18.9 Å². The van der Waals surface area contributed by atoms with Crippen LogP contribution in [0.25, 0.3) is 11.3 Å². The first-order valence-electron chi connectivity index (χ1n) is 8.60. The molecule has 1 aromatic heterocycles. The number of aryl methyl sites for hydroxylation is 2. The smallest absolute Gasteiger partial charge is 0.266 e. The molecule has 7 nitrogen and oxygen atoms in total. The fourth-order valence-electron chi connectivity index (χ4n) is 2.66. The Hall–Kier alpha value is -3.06. The zero-order valence-electron chi connectivity index (χ0n) is 15.9. The molecule has 1 heterocycles. The van der Waals surface area contributed by atoms with Gasteiger partial charge in [0.25, 0.3) is 5.91 Å². The molecule has 1 atom stereocenters. The van der Waals surface area contributed by atoms with Gasteiger partial charge in [0, 0.05) is 10.6 Å². The summed E-state index contributed by atoms with van der Waals surface area (Å²) in [6.45, 7) is 5.42. The summed E-state index contributed by atoms with van der Waals surface area (Å²) in [7, 11) is 1.59. The highest BCUT2D eigenvalue weighted by Crippen LogP contribution is 2.28. The first kappa shape index (κ1) is 19.7. The Labute approximate surface area is 167 Å². The molecule has 0 bridgehead atoms. The molecule has 3 rings (SSSR count). The van der Waals surface area contributed by atoms with Crippen molar-refractivity contribution >= 4 is 23.3 Å².